The van der Waals surface area contributed by atoms with E-state index in [2.05, 4.69) is 17.1 Å². The van der Waals surface area contributed by atoms with E-state index in [0.29, 0.717) is 12.3 Å². The lowest BCUT2D eigenvalue weighted by Crippen LogP contribution is -2.32. The highest BCUT2D eigenvalue weighted by Crippen LogP contribution is 2.19. The number of amides is 1. The molecule has 4 nitrogen and oxygen atoms in total. The summed E-state index contributed by atoms with van der Waals surface area (Å²) in [5.41, 5.74) is 1.26. The number of pyridine rings is 1. The minimum absolute atomic E-state index is 0.0838. The maximum atomic E-state index is 12.3. The van der Waals surface area contributed by atoms with Crippen LogP contribution in [-0.2, 0) is 10.5 Å². The normalized spacial score (nSPS) is 17.2. The van der Waals surface area contributed by atoms with Crippen LogP contribution >= 0.6 is 11.8 Å². The van der Waals surface area contributed by atoms with Gasteiger partial charge in [-0.15, -0.1) is 11.8 Å². The zero-order chi connectivity index (χ0) is 15.9. The van der Waals surface area contributed by atoms with E-state index in [-0.39, 0.29) is 12.0 Å². The lowest BCUT2D eigenvalue weighted by molar-refractivity contribution is -0.127. The van der Waals surface area contributed by atoms with Crippen molar-refractivity contribution in [1.82, 2.24) is 9.88 Å². The fraction of sp³-hybridized carbons (Fsp3) is 0.333. The summed E-state index contributed by atoms with van der Waals surface area (Å²) in [6.07, 6.45) is 4.40. The van der Waals surface area contributed by atoms with Crippen molar-refractivity contribution in [2.24, 2.45) is 0 Å². The average molecular weight is 328 g/mol. The lowest BCUT2D eigenvalue weighted by Gasteiger charge is -2.17. The highest BCUT2D eigenvalue weighted by Gasteiger charge is 2.27. The summed E-state index contributed by atoms with van der Waals surface area (Å²) >= 11 is 1.67. The molecule has 3 rings (SSSR count). The second kappa shape index (κ2) is 8.02. The number of nitrogens with zero attached hydrogens (tertiary/aromatic N) is 2. The van der Waals surface area contributed by atoms with Gasteiger partial charge < -0.3 is 9.64 Å². The predicted molar refractivity (Wildman–Crippen MR) is 92.5 cm³/mol. The third kappa shape index (κ3) is 4.73. The lowest BCUT2D eigenvalue weighted by atomic mass is 10.2. The molecule has 1 saturated heterocycles. The van der Waals surface area contributed by atoms with E-state index in [1.165, 1.54) is 5.56 Å². The van der Waals surface area contributed by atoms with Crippen LogP contribution in [0.15, 0.2) is 54.9 Å². The molecule has 0 spiro atoms. The Morgan fingerprint density at radius 1 is 1.22 bits per heavy atom. The van der Waals surface area contributed by atoms with Crippen LogP contribution in [0.25, 0.3) is 0 Å². The number of thioether (sulfide) groups is 1. The smallest absolute Gasteiger partial charge is 0.232 e. The Hall–Kier alpha value is -2.01. The van der Waals surface area contributed by atoms with E-state index in [4.69, 9.17) is 4.74 Å². The molecule has 1 aromatic heterocycles. The summed E-state index contributed by atoms with van der Waals surface area (Å²) in [5, 5.41) is 0. The van der Waals surface area contributed by atoms with E-state index < -0.39 is 0 Å². The van der Waals surface area contributed by atoms with Crippen molar-refractivity contribution in [1.29, 1.82) is 0 Å². The number of likely N-dealkylation sites (tertiary alicyclic amines) is 1. The fourth-order valence-electron chi connectivity index (χ4n) is 2.58. The van der Waals surface area contributed by atoms with Gasteiger partial charge in [-0.2, -0.15) is 0 Å². The molecular formula is C18H20N2O2S. The largest absolute Gasteiger partial charge is 0.488 e. The van der Waals surface area contributed by atoms with Gasteiger partial charge >= 0.3 is 0 Å². The molecule has 2 aromatic rings. The zero-order valence-corrected chi connectivity index (χ0v) is 13.7. The third-order valence-electron chi connectivity index (χ3n) is 3.79. The molecule has 0 saturated carbocycles. The first kappa shape index (κ1) is 15.9. The van der Waals surface area contributed by atoms with Crippen molar-refractivity contribution in [2.75, 3.05) is 18.8 Å². The predicted octanol–water partition coefficient (Wildman–Crippen LogP) is 2.99. The number of benzene rings is 1. The Kier molecular flexibility index (Phi) is 5.53. The van der Waals surface area contributed by atoms with Crippen LogP contribution in [-0.4, -0.2) is 40.7 Å². The van der Waals surface area contributed by atoms with Gasteiger partial charge in [0.15, 0.2) is 0 Å². The Morgan fingerprint density at radius 3 is 2.78 bits per heavy atom. The van der Waals surface area contributed by atoms with Gasteiger partial charge in [-0.1, -0.05) is 30.3 Å². The number of hydrogen-bond acceptors (Lipinski definition) is 4. The van der Waals surface area contributed by atoms with E-state index in [1.807, 2.05) is 35.2 Å². The third-order valence-corrected chi connectivity index (χ3v) is 4.78. The Bertz CT molecular complexity index is 621. The molecule has 0 radical (unpaired) electrons. The SMILES string of the molecule is O=C(CSCc1ccccc1)N1CC[C@H](Oc2ccncc2)C1. The van der Waals surface area contributed by atoms with Gasteiger partial charge in [0.1, 0.15) is 11.9 Å². The zero-order valence-electron chi connectivity index (χ0n) is 12.9. The first-order valence-electron chi connectivity index (χ1n) is 7.77. The van der Waals surface area contributed by atoms with Crippen molar-refractivity contribution < 1.29 is 9.53 Å². The van der Waals surface area contributed by atoms with Gasteiger partial charge in [-0.05, 0) is 17.7 Å². The van der Waals surface area contributed by atoms with Crippen LogP contribution in [0, 0.1) is 0 Å². The molecule has 1 amide bonds. The van der Waals surface area contributed by atoms with Gasteiger partial charge in [-0.25, -0.2) is 0 Å². The van der Waals surface area contributed by atoms with Crippen molar-refractivity contribution in [2.45, 2.75) is 18.3 Å². The minimum Gasteiger partial charge on any atom is -0.488 e. The molecular weight excluding hydrogens is 308 g/mol. The molecule has 5 heteroatoms. The quantitative estimate of drug-likeness (QED) is 0.817. The Morgan fingerprint density at radius 2 is 2.00 bits per heavy atom. The summed E-state index contributed by atoms with van der Waals surface area (Å²) in [4.78, 5) is 18.2. The molecule has 0 aliphatic carbocycles. The van der Waals surface area contributed by atoms with Crippen LogP contribution in [0.3, 0.4) is 0 Å². The molecule has 1 aliphatic rings. The number of carbonyl (C=O) groups is 1. The van der Waals surface area contributed by atoms with Crippen LogP contribution in [0.2, 0.25) is 0 Å². The first-order valence-corrected chi connectivity index (χ1v) is 8.93. The van der Waals surface area contributed by atoms with E-state index in [9.17, 15) is 4.79 Å². The van der Waals surface area contributed by atoms with Gasteiger partial charge in [0, 0.05) is 31.1 Å². The molecule has 1 aromatic carbocycles. The van der Waals surface area contributed by atoms with E-state index in [1.54, 1.807) is 24.2 Å². The minimum atomic E-state index is 0.0838. The summed E-state index contributed by atoms with van der Waals surface area (Å²) in [6, 6.07) is 13.9. The van der Waals surface area contributed by atoms with E-state index >= 15 is 0 Å². The van der Waals surface area contributed by atoms with E-state index in [0.717, 1.165) is 24.5 Å². The molecule has 1 aliphatic heterocycles. The first-order chi connectivity index (χ1) is 11.3. The fourth-order valence-corrected chi connectivity index (χ4v) is 3.47. The van der Waals surface area contributed by atoms with Gasteiger partial charge in [0.2, 0.25) is 5.91 Å². The Balaban J connectivity index is 1.41. The summed E-state index contributed by atoms with van der Waals surface area (Å²) in [5.74, 6) is 2.42. The van der Waals surface area contributed by atoms with Gasteiger partial charge in [0.25, 0.3) is 0 Å². The maximum absolute atomic E-state index is 12.3. The van der Waals surface area contributed by atoms with Crippen LogP contribution in [0.4, 0.5) is 0 Å². The van der Waals surface area contributed by atoms with Crippen LogP contribution in [0.1, 0.15) is 12.0 Å². The highest BCUT2D eigenvalue weighted by atomic mass is 32.2. The van der Waals surface area contributed by atoms with Crippen molar-refractivity contribution >= 4 is 17.7 Å². The monoisotopic (exact) mass is 328 g/mol. The number of rotatable bonds is 6. The Labute approximate surface area is 140 Å². The molecule has 1 atom stereocenters. The van der Waals surface area contributed by atoms with Crippen molar-refractivity contribution in [3.63, 3.8) is 0 Å². The molecule has 120 valence electrons. The number of hydrogen-bond donors (Lipinski definition) is 0. The highest BCUT2D eigenvalue weighted by molar-refractivity contribution is 7.99. The van der Waals surface area contributed by atoms with Crippen LogP contribution < -0.4 is 4.74 Å². The molecule has 0 bridgehead atoms. The average Bonchev–Trinajstić information content (AvgIpc) is 3.05. The van der Waals surface area contributed by atoms with Crippen molar-refractivity contribution in [3.05, 3.63) is 60.4 Å². The molecule has 0 unspecified atom stereocenters. The molecule has 23 heavy (non-hydrogen) atoms. The topological polar surface area (TPSA) is 42.4 Å². The number of carbonyl (C=O) groups excluding carboxylic acids is 1. The van der Waals surface area contributed by atoms with Crippen LogP contribution in [0.5, 0.6) is 5.75 Å². The molecule has 0 N–H and O–H groups in total. The number of ether oxygens (including phenoxy) is 1. The standard InChI is InChI=1S/C18H20N2O2S/c21-18(14-23-13-15-4-2-1-3-5-15)20-11-8-17(12-20)22-16-6-9-19-10-7-16/h1-7,9-10,17H,8,11-14H2/t17-/m0/s1. The van der Waals surface area contributed by atoms with Gasteiger partial charge in [-0.3, -0.25) is 9.78 Å². The summed E-state index contributed by atoms with van der Waals surface area (Å²) in [7, 11) is 0. The second-order valence-electron chi connectivity index (χ2n) is 5.53. The summed E-state index contributed by atoms with van der Waals surface area (Å²) in [6.45, 7) is 1.45. The number of aromatic nitrogens is 1. The second-order valence-corrected chi connectivity index (χ2v) is 6.52. The summed E-state index contributed by atoms with van der Waals surface area (Å²) < 4.78 is 5.89. The maximum Gasteiger partial charge on any atom is 0.232 e. The molecule has 1 fully saturated rings. The molecule has 2 heterocycles. The van der Waals surface area contributed by atoms with Crippen molar-refractivity contribution in [3.8, 4) is 5.75 Å². The van der Waals surface area contributed by atoms with Gasteiger partial charge in [0.05, 0.1) is 12.3 Å².